The van der Waals surface area contributed by atoms with Crippen molar-refractivity contribution in [1.29, 1.82) is 0 Å². The predicted octanol–water partition coefficient (Wildman–Crippen LogP) is 1.82. The molecule has 2 amide bonds. The zero-order valence-corrected chi connectivity index (χ0v) is 12.0. The van der Waals surface area contributed by atoms with Crippen LogP contribution < -0.4 is 5.32 Å². The van der Waals surface area contributed by atoms with E-state index in [4.69, 9.17) is 0 Å². The molecule has 0 aliphatic carbocycles. The maximum absolute atomic E-state index is 12.3. The van der Waals surface area contributed by atoms with Gasteiger partial charge in [-0.05, 0) is 23.6 Å². The van der Waals surface area contributed by atoms with Gasteiger partial charge in [-0.1, -0.05) is 18.2 Å². The molecule has 0 saturated carbocycles. The lowest BCUT2D eigenvalue weighted by Crippen LogP contribution is -2.53. The predicted molar refractivity (Wildman–Crippen MR) is 80.6 cm³/mol. The summed E-state index contributed by atoms with van der Waals surface area (Å²) in [5.74, 6) is -0.406. The summed E-state index contributed by atoms with van der Waals surface area (Å²) in [6.07, 6.45) is -0.443. The van der Waals surface area contributed by atoms with Crippen LogP contribution in [0.25, 0.3) is 0 Å². The second kappa shape index (κ2) is 5.67. The van der Waals surface area contributed by atoms with Gasteiger partial charge in [-0.15, -0.1) is 11.3 Å². The number of hydrogen-bond donors (Lipinski definition) is 2. The van der Waals surface area contributed by atoms with E-state index in [1.807, 2.05) is 5.38 Å². The number of hydrogen-bond acceptors (Lipinski definition) is 4. The molecule has 21 heavy (non-hydrogen) atoms. The van der Waals surface area contributed by atoms with E-state index in [0.717, 1.165) is 0 Å². The van der Waals surface area contributed by atoms with E-state index >= 15 is 0 Å². The number of aliphatic hydroxyl groups is 1. The van der Waals surface area contributed by atoms with Gasteiger partial charge in [0.15, 0.2) is 0 Å². The molecule has 1 aromatic heterocycles. The number of nitrogens with one attached hydrogen (secondary N) is 1. The first-order valence-corrected chi connectivity index (χ1v) is 7.44. The Morgan fingerprint density at radius 1 is 1.19 bits per heavy atom. The molecule has 0 bridgehead atoms. The zero-order chi connectivity index (χ0) is 14.8. The summed E-state index contributed by atoms with van der Waals surface area (Å²) >= 11 is 1.35. The number of benzene rings is 1. The quantitative estimate of drug-likeness (QED) is 0.908. The number of anilines is 1. The van der Waals surface area contributed by atoms with Crippen LogP contribution in [0.2, 0.25) is 0 Å². The summed E-state index contributed by atoms with van der Waals surface area (Å²) in [7, 11) is 0. The molecule has 1 aliphatic rings. The van der Waals surface area contributed by atoms with Gasteiger partial charge in [0.25, 0.3) is 11.8 Å². The second-order valence-electron chi connectivity index (χ2n) is 4.84. The topological polar surface area (TPSA) is 69.6 Å². The molecule has 1 fully saturated rings. The number of carbonyl (C=O) groups excluding carboxylic acids is 2. The van der Waals surface area contributed by atoms with Crippen LogP contribution in [0.15, 0.2) is 41.8 Å². The number of thiophene rings is 1. The number of carbonyl (C=O) groups is 2. The first-order valence-electron chi connectivity index (χ1n) is 6.56. The minimum absolute atomic E-state index is 0.178. The van der Waals surface area contributed by atoms with Crippen molar-refractivity contribution in [3.63, 3.8) is 0 Å². The van der Waals surface area contributed by atoms with E-state index in [1.54, 1.807) is 41.3 Å². The molecule has 0 spiro atoms. The highest BCUT2D eigenvalue weighted by atomic mass is 32.1. The van der Waals surface area contributed by atoms with Crippen LogP contribution in [0.1, 0.15) is 20.0 Å². The summed E-state index contributed by atoms with van der Waals surface area (Å²) < 4.78 is 0. The van der Waals surface area contributed by atoms with E-state index in [0.29, 0.717) is 29.2 Å². The number of amides is 2. The van der Waals surface area contributed by atoms with Crippen LogP contribution in [0.5, 0.6) is 0 Å². The third-order valence-corrected chi connectivity index (χ3v) is 4.17. The van der Waals surface area contributed by atoms with Gasteiger partial charge in [-0.25, -0.2) is 0 Å². The molecule has 108 valence electrons. The average molecular weight is 302 g/mol. The summed E-state index contributed by atoms with van der Waals surface area (Å²) in [6, 6.07) is 10.4. The molecular weight excluding hydrogens is 288 g/mol. The normalized spacial score (nSPS) is 14.6. The SMILES string of the molecule is O=C(Nc1ccccc1C(=O)N1CC(O)C1)c1cccs1. The molecule has 2 aromatic rings. The standard InChI is InChI=1S/C15H14N2O3S/c18-10-8-17(9-10)15(20)11-4-1-2-5-12(11)16-14(19)13-6-3-7-21-13/h1-7,10,18H,8-9H2,(H,16,19). The van der Waals surface area contributed by atoms with Crippen molar-refractivity contribution < 1.29 is 14.7 Å². The zero-order valence-electron chi connectivity index (χ0n) is 11.2. The summed E-state index contributed by atoms with van der Waals surface area (Å²) in [5.41, 5.74) is 0.927. The fraction of sp³-hybridized carbons (Fsp3) is 0.200. The molecule has 5 nitrogen and oxygen atoms in total. The van der Waals surface area contributed by atoms with Gasteiger partial charge in [0.1, 0.15) is 0 Å². The van der Waals surface area contributed by atoms with Gasteiger partial charge in [0, 0.05) is 13.1 Å². The Balaban J connectivity index is 1.79. The lowest BCUT2D eigenvalue weighted by atomic mass is 10.1. The van der Waals surface area contributed by atoms with Gasteiger partial charge >= 0.3 is 0 Å². The van der Waals surface area contributed by atoms with Gasteiger partial charge in [0.2, 0.25) is 0 Å². The average Bonchev–Trinajstić information content (AvgIpc) is 2.98. The molecular formula is C15H14N2O3S. The Morgan fingerprint density at radius 2 is 1.95 bits per heavy atom. The smallest absolute Gasteiger partial charge is 0.265 e. The van der Waals surface area contributed by atoms with Crippen LogP contribution >= 0.6 is 11.3 Å². The van der Waals surface area contributed by atoms with Crippen molar-refractivity contribution in [3.05, 3.63) is 52.2 Å². The second-order valence-corrected chi connectivity index (χ2v) is 5.79. The van der Waals surface area contributed by atoms with Crippen LogP contribution in [0.4, 0.5) is 5.69 Å². The Hall–Kier alpha value is -2.18. The highest BCUT2D eigenvalue weighted by Crippen LogP contribution is 2.21. The minimum Gasteiger partial charge on any atom is -0.389 e. The molecule has 6 heteroatoms. The highest BCUT2D eigenvalue weighted by molar-refractivity contribution is 7.12. The number of likely N-dealkylation sites (tertiary alicyclic amines) is 1. The maximum atomic E-state index is 12.3. The van der Waals surface area contributed by atoms with Crippen LogP contribution in [-0.2, 0) is 0 Å². The van der Waals surface area contributed by atoms with Gasteiger partial charge in [-0.3, -0.25) is 9.59 Å². The first-order chi connectivity index (χ1) is 10.1. The minimum atomic E-state index is -0.443. The molecule has 0 unspecified atom stereocenters. The fourth-order valence-electron chi connectivity index (χ4n) is 2.16. The van der Waals surface area contributed by atoms with Gasteiger partial charge in [0.05, 0.1) is 22.2 Å². The third kappa shape index (κ3) is 2.81. The van der Waals surface area contributed by atoms with Crippen molar-refractivity contribution in [1.82, 2.24) is 4.90 Å². The van der Waals surface area contributed by atoms with Crippen molar-refractivity contribution in [2.75, 3.05) is 18.4 Å². The molecule has 1 saturated heterocycles. The maximum Gasteiger partial charge on any atom is 0.265 e. The van der Waals surface area contributed by atoms with Crippen LogP contribution in [0, 0.1) is 0 Å². The molecule has 2 heterocycles. The fourth-order valence-corrected chi connectivity index (χ4v) is 2.78. The molecule has 0 radical (unpaired) electrons. The van der Waals surface area contributed by atoms with E-state index in [1.165, 1.54) is 11.3 Å². The van der Waals surface area contributed by atoms with E-state index in [-0.39, 0.29) is 11.8 Å². The Kier molecular flexibility index (Phi) is 3.72. The van der Waals surface area contributed by atoms with Crippen molar-refractivity contribution in [2.24, 2.45) is 0 Å². The van der Waals surface area contributed by atoms with E-state index in [2.05, 4.69) is 5.32 Å². The number of nitrogens with zero attached hydrogens (tertiary/aromatic N) is 1. The molecule has 1 aromatic carbocycles. The van der Waals surface area contributed by atoms with Crippen molar-refractivity contribution in [2.45, 2.75) is 6.10 Å². The van der Waals surface area contributed by atoms with Gasteiger partial charge < -0.3 is 15.3 Å². The number of β-amino-alcohol motifs (C(OH)–C–C–N with tert-alkyl or cyclic N) is 1. The lowest BCUT2D eigenvalue weighted by Gasteiger charge is -2.36. The molecule has 1 aliphatic heterocycles. The Morgan fingerprint density at radius 3 is 2.62 bits per heavy atom. The Labute approximate surface area is 125 Å². The van der Waals surface area contributed by atoms with Gasteiger partial charge in [-0.2, -0.15) is 0 Å². The molecule has 2 N–H and O–H groups in total. The Bertz CT molecular complexity index is 663. The van der Waals surface area contributed by atoms with Crippen LogP contribution in [0.3, 0.4) is 0 Å². The first kappa shape index (κ1) is 13.8. The number of aliphatic hydroxyl groups excluding tert-OH is 1. The number of para-hydroxylation sites is 1. The third-order valence-electron chi connectivity index (χ3n) is 3.30. The summed E-state index contributed by atoms with van der Waals surface area (Å²) in [5, 5.41) is 13.9. The summed E-state index contributed by atoms with van der Waals surface area (Å²) in [4.78, 5) is 26.6. The molecule has 3 rings (SSSR count). The highest BCUT2D eigenvalue weighted by Gasteiger charge is 2.30. The van der Waals surface area contributed by atoms with Crippen LogP contribution in [-0.4, -0.2) is 41.0 Å². The van der Waals surface area contributed by atoms with E-state index in [9.17, 15) is 14.7 Å². The van der Waals surface area contributed by atoms with Crippen molar-refractivity contribution in [3.8, 4) is 0 Å². The summed E-state index contributed by atoms with van der Waals surface area (Å²) in [6.45, 7) is 0.679. The molecule has 0 atom stereocenters. The van der Waals surface area contributed by atoms with Crippen molar-refractivity contribution >= 4 is 28.8 Å². The van der Waals surface area contributed by atoms with E-state index < -0.39 is 6.10 Å². The monoisotopic (exact) mass is 302 g/mol. The largest absolute Gasteiger partial charge is 0.389 e. The lowest BCUT2D eigenvalue weighted by molar-refractivity contribution is 0.00596. The number of rotatable bonds is 3.